The fourth-order valence-electron chi connectivity index (χ4n) is 3.35. The Kier molecular flexibility index (Phi) is 5.87. The SMILES string of the molecule is CC[C@H]1CCc2sc(C(=O)NNC(=O)c3ccc(C)c(S(N)(=O)=O)c3)cc2C1. The van der Waals surface area contributed by atoms with Crippen LogP contribution in [0.4, 0.5) is 0 Å². The van der Waals surface area contributed by atoms with Crippen LogP contribution in [-0.4, -0.2) is 20.2 Å². The summed E-state index contributed by atoms with van der Waals surface area (Å²) < 4.78 is 23.2. The molecule has 1 heterocycles. The summed E-state index contributed by atoms with van der Waals surface area (Å²) in [4.78, 5) is 26.4. The molecule has 1 aliphatic carbocycles. The minimum absolute atomic E-state index is 0.0891. The van der Waals surface area contributed by atoms with Gasteiger partial charge in [-0.3, -0.25) is 20.4 Å². The molecule has 9 heteroatoms. The number of hydrogen-bond donors (Lipinski definition) is 3. The molecule has 7 nitrogen and oxygen atoms in total. The van der Waals surface area contributed by atoms with E-state index in [1.807, 2.05) is 6.07 Å². The van der Waals surface area contributed by atoms with Crippen LogP contribution in [0.3, 0.4) is 0 Å². The quantitative estimate of drug-likeness (QED) is 0.656. The van der Waals surface area contributed by atoms with Crippen molar-refractivity contribution in [3.8, 4) is 0 Å². The molecule has 1 atom stereocenters. The molecule has 4 N–H and O–H groups in total. The smallest absolute Gasteiger partial charge is 0.267 e. The second kappa shape index (κ2) is 8.02. The molecule has 28 heavy (non-hydrogen) atoms. The third-order valence-electron chi connectivity index (χ3n) is 5.03. The Balaban J connectivity index is 1.67. The lowest BCUT2D eigenvalue weighted by Gasteiger charge is -2.19. The molecule has 2 amide bonds. The number of aryl methyl sites for hydroxylation is 2. The van der Waals surface area contributed by atoms with E-state index in [9.17, 15) is 18.0 Å². The maximum absolute atomic E-state index is 12.4. The van der Waals surface area contributed by atoms with Gasteiger partial charge >= 0.3 is 0 Å². The first kappa shape index (κ1) is 20.5. The molecule has 150 valence electrons. The Morgan fingerprint density at radius 2 is 1.93 bits per heavy atom. The highest BCUT2D eigenvalue weighted by Crippen LogP contribution is 2.33. The van der Waals surface area contributed by atoms with Gasteiger partial charge in [-0.25, -0.2) is 13.6 Å². The Labute approximate surface area is 168 Å². The number of fused-ring (bicyclic) bond motifs is 1. The van der Waals surface area contributed by atoms with Gasteiger partial charge in [0, 0.05) is 10.4 Å². The molecular formula is C19H23N3O4S2. The number of thiophene rings is 1. The van der Waals surface area contributed by atoms with E-state index in [0.717, 1.165) is 25.7 Å². The van der Waals surface area contributed by atoms with E-state index in [0.29, 0.717) is 16.4 Å². The van der Waals surface area contributed by atoms with Crippen molar-refractivity contribution in [1.82, 2.24) is 10.9 Å². The summed E-state index contributed by atoms with van der Waals surface area (Å²) in [5.41, 5.74) is 6.47. The zero-order valence-corrected chi connectivity index (χ0v) is 17.4. The number of hydrazine groups is 1. The number of hydrogen-bond acceptors (Lipinski definition) is 5. The summed E-state index contributed by atoms with van der Waals surface area (Å²) in [6.07, 6.45) is 4.24. The normalized spacial score (nSPS) is 16.3. The van der Waals surface area contributed by atoms with E-state index in [-0.39, 0.29) is 16.4 Å². The standard InChI is InChI=1S/C19H23N3O4S2/c1-3-12-5-7-15-14(8-12)9-16(27-15)19(24)22-21-18(23)13-6-4-11(2)17(10-13)28(20,25)26/h4,6,9-10,12H,3,5,7-8H2,1-2H3,(H,21,23)(H,22,24)(H2,20,25,26)/t12-/m0/s1. The van der Waals surface area contributed by atoms with Gasteiger partial charge in [0.15, 0.2) is 0 Å². The molecule has 1 aromatic heterocycles. The zero-order valence-electron chi connectivity index (χ0n) is 15.7. The van der Waals surface area contributed by atoms with Crippen molar-refractivity contribution in [2.45, 2.75) is 44.4 Å². The van der Waals surface area contributed by atoms with Gasteiger partial charge in [0.25, 0.3) is 11.8 Å². The van der Waals surface area contributed by atoms with Gasteiger partial charge < -0.3 is 0 Å². The molecule has 0 radical (unpaired) electrons. The molecule has 0 unspecified atom stereocenters. The average molecular weight is 422 g/mol. The summed E-state index contributed by atoms with van der Waals surface area (Å²) in [5.74, 6) is -0.350. The summed E-state index contributed by atoms with van der Waals surface area (Å²) in [7, 11) is -3.94. The molecule has 0 spiro atoms. The van der Waals surface area contributed by atoms with Crippen molar-refractivity contribution in [3.63, 3.8) is 0 Å². The van der Waals surface area contributed by atoms with E-state index >= 15 is 0 Å². The summed E-state index contributed by atoms with van der Waals surface area (Å²) >= 11 is 1.45. The second-order valence-electron chi connectivity index (χ2n) is 7.01. The topological polar surface area (TPSA) is 118 Å². The average Bonchev–Trinajstić information content (AvgIpc) is 3.08. The second-order valence-corrected chi connectivity index (χ2v) is 9.68. The van der Waals surface area contributed by atoms with Crippen LogP contribution in [0.5, 0.6) is 0 Å². The first-order valence-corrected chi connectivity index (χ1v) is 11.4. The number of nitrogens with one attached hydrogen (secondary N) is 2. The lowest BCUT2D eigenvalue weighted by molar-refractivity contribution is 0.0848. The molecule has 0 bridgehead atoms. The molecule has 3 rings (SSSR count). The third-order valence-corrected chi connectivity index (χ3v) is 7.32. The van der Waals surface area contributed by atoms with Gasteiger partial charge in [-0.05, 0) is 61.4 Å². The van der Waals surface area contributed by atoms with E-state index < -0.39 is 15.9 Å². The van der Waals surface area contributed by atoms with Crippen LogP contribution in [-0.2, 0) is 22.9 Å². The summed E-state index contributed by atoms with van der Waals surface area (Å²) in [6, 6.07) is 6.06. The van der Waals surface area contributed by atoms with Crippen LogP contribution in [0.2, 0.25) is 0 Å². The third kappa shape index (κ3) is 4.43. The van der Waals surface area contributed by atoms with Gasteiger partial charge in [0.1, 0.15) is 0 Å². The van der Waals surface area contributed by atoms with Crippen LogP contribution >= 0.6 is 11.3 Å². The molecular weight excluding hydrogens is 398 g/mol. The van der Waals surface area contributed by atoms with Crippen LogP contribution in [0, 0.1) is 12.8 Å². The molecule has 0 saturated heterocycles. The van der Waals surface area contributed by atoms with Gasteiger partial charge in [-0.1, -0.05) is 19.4 Å². The maximum Gasteiger partial charge on any atom is 0.279 e. The van der Waals surface area contributed by atoms with Crippen molar-refractivity contribution in [1.29, 1.82) is 0 Å². The van der Waals surface area contributed by atoms with E-state index in [2.05, 4.69) is 17.8 Å². The van der Waals surface area contributed by atoms with E-state index in [1.54, 1.807) is 6.92 Å². The first-order chi connectivity index (χ1) is 13.2. The van der Waals surface area contributed by atoms with Gasteiger partial charge in [-0.2, -0.15) is 0 Å². The fraction of sp³-hybridized carbons (Fsp3) is 0.368. The number of rotatable bonds is 4. The van der Waals surface area contributed by atoms with Crippen LogP contribution in [0.25, 0.3) is 0 Å². The highest BCUT2D eigenvalue weighted by atomic mass is 32.2. The van der Waals surface area contributed by atoms with Crippen molar-refractivity contribution >= 4 is 33.2 Å². The minimum Gasteiger partial charge on any atom is -0.267 e. The predicted octanol–water partition coefficient (Wildman–Crippen LogP) is 2.29. The highest BCUT2D eigenvalue weighted by molar-refractivity contribution is 7.89. The fourth-order valence-corrected chi connectivity index (χ4v) is 5.27. The molecule has 0 fully saturated rings. The summed E-state index contributed by atoms with van der Waals surface area (Å²) in [5, 5.41) is 5.16. The molecule has 2 aromatic rings. The highest BCUT2D eigenvalue weighted by Gasteiger charge is 2.22. The van der Waals surface area contributed by atoms with E-state index in [1.165, 1.54) is 40.0 Å². The predicted molar refractivity (Wildman–Crippen MR) is 108 cm³/mol. The number of carbonyl (C=O) groups excluding carboxylic acids is 2. The Hall–Kier alpha value is -2.23. The molecule has 1 aliphatic rings. The number of benzene rings is 1. The van der Waals surface area contributed by atoms with Crippen molar-refractivity contribution in [2.24, 2.45) is 11.1 Å². The van der Waals surface area contributed by atoms with Crippen molar-refractivity contribution < 1.29 is 18.0 Å². The van der Waals surface area contributed by atoms with Crippen LogP contribution in [0.1, 0.15) is 55.8 Å². The lowest BCUT2D eigenvalue weighted by atomic mass is 9.87. The Morgan fingerprint density at radius 1 is 1.21 bits per heavy atom. The molecule has 0 aliphatic heterocycles. The number of sulfonamides is 1. The number of primary sulfonamides is 1. The van der Waals surface area contributed by atoms with Crippen LogP contribution in [0.15, 0.2) is 29.2 Å². The largest absolute Gasteiger partial charge is 0.279 e. The van der Waals surface area contributed by atoms with Gasteiger partial charge in [-0.15, -0.1) is 11.3 Å². The summed E-state index contributed by atoms with van der Waals surface area (Å²) in [6.45, 7) is 3.77. The maximum atomic E-state index is 12.4. The number of amides is 2. The Bertz CT molecular complexity index is 1030. The minimum atomic E-state index is -3.94. The van der Waals surface area contributed by atoms with E-state index in [4.69, 9.17) is 5.14 Å². The molecule has 1 aromatic carbocycles. The van der Waals surface area contributed by atoms with Crippen molar-refractivity contribution in [3.05, 3.63) is 50.7 Å². The zero-order chi connectivity index (χ0) is 20.5. The van der Waals surface area contributed by atoms with Gasteiger partial charge in [0.2, 0.25) is 10.0 Å². The number of carbonyl (C=O) groups is 2. The molecule has 0 saturated carbocycles. The van der Waals surface area contributed by atoms with Crippen molar-refractivity contribution in [2.75, 3.05) is 0 Å². The number of nitrogens with two attached hydrogens (primary N) is 1. The monoisotopic (exact) mass is 421 g/mol. The first-order valence-electron chi connectivity index (χ1n) is 9.04. The Morgan fingerprint density at radius 3 is 2.61 bits per heavy atom. The lowest BCUT2D eigenvalue weighted by Crippen LogP contribution is -2.41. The van der Waals surface area contributed by atoms with Crippen LogP contribution < -0.4 is 16.0 Å². The van der Waals surface area contributed by atoms with Gasteiger partial charge in [0.05, 0.1) is 9.77 Å².